The number of thiol groups is 1. The minimum absolute atomic E-state index is 0.791. The van der Waals surface area contributed by atoms with Crippen molar-refractivity contribution in [1.82, 2.24) is 4.72 Å². The summed E-state index contributed by atoms with van der Waals surface area (Å²) in [7, 11) is 0. The van der Waals surface area contributed by atoms with Gasteiger partial charge in [-0.05, 0) is 12.3 Å². The first-order chi connectivity index (χ1) is 3.27. The molecule has 1 nitrogen and oxygen atoms in total. The Hall–Kier alpha value is 0.310. The van der Waals surface area contributed by atoms with Crippen molar-refractivity contribution in [1.29, 1.82) is 0 Å². The first-order valence-corrected chi connectivity index (χ1v) is 3.09. The van der Waals surface area contributed by atoms with E-state index >= 15 is 0 Å². The van der Waals surface area contributed by atoms with Gasteiger partial charge in [-0.25, -0.2) is 0 Å². The van der Waals surface area contributed by atoms with Crippen molar-refractivity contribution in [3.05, 3.63) is 0 Å². The van der Waals surface area contributed by atoms with Gasteiger partial charge in [0.25, 0.3) is 0 Å². The summed E-state index contributed by atoms with van der Waals surface area (Å²) in [6.45, 7) is 5.41. The summed E-state index contributed by atoms with van der Waals surface area (Å²) < 4.78 is 2.79. The van der Waals surface area contributed by atoms with Crippen LogP contribution in [0.15, 0.2) is 0 Å². The molecule has 0 unspecified atom stereocenters. The number of nitrogens with one attached hydrogen (secondary N) is 1. The molecule has 0 heterocycles. The van der Waals surface area contributed by atoms with E-state index in [1.807, 2.05) is 0 Å². The Kier molecular flexibility index (Phi) is 4.67. The minimum atomic E-state index is 0.791. The van der Waals surface area contributed by atoms with Gasteiger partial charge in [0, 0.05) is 6.54 Å². The van der Waals surface area contributed by atoms with Gasteiger partial charge in [0.15, 0.2) is 0 Å². The molecule has 0 aromatic rings. The molecule has 0 bridgehead atoms. The first kappa shape index (κ1) is 7.31. The average molecular weight is 119 g/mol. The van der Waals surface area contributed by atoms with E-state index in [4.69, 9.17) is 0 Å². The Balaban J connectivity index is 2.68. The second-order valence-electron chi connectivity index (χ2n) is 2.09. The highest BCUT2D eigenvalue weighted by Crippen LogP contribution is 1.95. The largest absolute Gasteiger partial charge is 0.267 e. The maximum absolute atomic E-state index is 3.85. The summed E-state index contributed by atoms with van der Waals surface area (Å²) in [5, 5.41) is 0. The van der Waals surface area contributed by atoms with Crippen molar-refractivity contribution in [2.75, 3.05) is 6.54 Å². The average Bonchev–Trinajstić information content (AvgIpc) is 1.61. The van der Waals surface area contributed by atoms with Crippen molar-refractivity contribution in [2.24, 2.45) is 5.92 Å². The van der Waals surface area contributed by atoms with Crippen LogP contribution in [0.3, 0.4) is 0 Å². The molecule has 7 heavy (non-hydrogen) atoms. The van der Waals surface area contributed by atoms with Gasteiger partial charge in [-0.2, -0.15) is 0 Å². The van der Waals surface area contributed by atoms with Crippen LogP contribution in [-0.4, -0.2) is 6.54 Å². The van der Waals surface area contributed by atoms with Crippen LogP contribution in [0.4, 0.5) is 0 Å². The zero-order chi connectivity index (χ0) is 5.70. The molecule has 0 fully saturated rings. The third kappa shape index (κ3) is 6.31. The van der Waals surface area contributed by atoms with Crippen LogP contribution in [0, 0.1) is 5.92 Å². The molecule has 0 aromatic carbocycles. The molecule has 1 N–H and O–H groups in total. The molecule has 0 spiro atoms. The van der Waals surface area contributed by atoms with Gasteiger partial charge >= 0.3 is 0 Å². The molecule has 44 valence electrons. The van der Waals surface area contributed by atoms with Gasteiger partial charge in [-0.3, -0.25) is 4.72 Å². The van der Waals surface area contributed by atoms with Crippen molar-refractivity contribution in [2.45, 2.75) is 20.3 Å². The van der Waals surface area contributed by atoms with E-state index in [9.17, 15) is 0 Å². The number of rotatable bonds is 3. The Morgan fingerprint density at radius 3 is 2.29 bits per heavy atom. The Bertz CT molecular complexity index is 37.1. The van der Waals surface area contributed by atoms with Gasteiger partial charge in [-0.1, -0.05) is 26.7 Å². The standard InChI is InChI=1S/C5H13NS/c1-5(2)3-4-6-7/h5-7H,3-4H2,1-2H3. The molecule has 2 heteroatoms. The highest BCUT2D eigenvalue weighted by atomic mass is 32.1. The van der Waals surface area contributed by atoms with Crippen LogP contribution in [0.25, 0.3) is 0 Å². The molecule has 0 atom stereocenters. The number of hydrogen-bond donors (Lipinski definition) is 2. The Morgan fingerprint density at radius 2 is 2.14 bits per heavy atom. The zero-order valence-electron chi connectivity index (χ0n) is 4.94. The highest BCUT2D eigenvalue weighted by molar-refractivity contribution is 7.78. The summed E-state index contributed by atoms with van der Waals surface area (Å²) in [4.78, 5) is 0. The first-order valence-electron chi connectivity index (χ1n) is 2.64. The minimum Gasteiger partial charge on any atom is -0.267 e. The quantitative estimate of drug-likeness (QED) is 0.536. The van der Waals surface area contributed by atoms with E-state index in [0.717, 1.165) is 12.5 Å². The highest BCUT2D eigenvalue weighted by Gasteiger charge is 1.88. The molecule has 0 amide bonds. The second kappa shape index (κ2) is 4.47. The van der Waals surface area contributed by atoms with E-state index < -0.39 is 0 Å². The lowest BCUT2D eigenvalue weighted by Crippen LogP contribution is -2.03. The van der Waals surface area contributed by atoms with Crippen LogP contribution in [0.1, 0.15) is 20.3 Å². The fourth-order valence-corrected chi connectivity index (χ4v) is 0.482. The number of hydrogen-bond acceptors (Lipinski definition) is 2. The second-order valence-corrected chi connectivity index (χ2v) is 2.41. The predicted molar refractivity (Wildman–Crippen MR) is 36.4 cm³/mol. The lowest BCUT2D eigenvalue weighted by atomic mass is 10.1. The Morgan fingerprint density at radius 1 is 1.57 bits per heavy atom. The fourth-order valence-electron chi connectivity index (χ4n) is 0.353. The third-order valence-electron chi connectivity index (χ3n) is 0.833. The molecule has 0 rings (SSSR count). The summed E-state index contributed by atoms with van der Waals surface area (Å²) in [5.74, 6) is 0.791. The summed E-state index contributed by atoms with van der Waals surface area (Å²) in [6.07, 6.45) is 1.21. The molecular weight excluding hydrogens is 106 g/mol. The zero-order valence-corrected chi connectivity index (χ0v) is 5.83. The van der Waals surface area contributed by atoms with Crippen LogP contribution in [0.5, 0.6) is 0 Å². The molecule has 0 aliphatic carbocycles. The Labute approximate surface area is 51.0 Å². The summed E-state index contributed by atoms with van der Waals surface area (Å²) in [5.41, 5.74) is 0. The van der Waals surface area contributed by atoms with E-state index in [1.54, 1.807) is 0 Å². The molecule has 0 aliphatic heterocycles. The lowest BCUT2D eigenvalue weighted by Gasteiger charge is -1.99. The van der Waals surface area contributed by atoms with Crippen molar-refractivity contribution in [3.8, 4) is 0 Å². The van der Waals surface area contributed by atoms with Crippen molar-refractivity contribution < 1.29 is 0 Å². The molecule has 0 saturated heterocycles. The van der Waals surface area contributed by atoms with Crippen molar-refractivity contribution >= 4 is 12.8 Å². The van der Waals surface area contributed by atoms with Gasteiger partial charge in [0.2, 0.25) is 0 Å². The molecule has 0 radical (unpaired) electrons. The van der Waals surface area contributed by atoms with Crippen molar-refractivity contribution in [3.63, 3.8) is 0 Å². The van der Waals surface area contributed by atoms with E-state index in [-0.39, 0.29) is 0 Å². The van der Waals surface area contributed by atoms with Crippen LogP contribution in [-0.2, 0) is 0 Å². The van der Waals surface area contributed by atoms with Crippen LogP contribution >= 0.6 is 12.8 Å². The maximum Gasteiger partial charge on any atom is 0.00585 e. The molecule has 0 aliphatic rings. The smallest absolute Gasteiger partial charge is 0.00585 e. The lowest BCUT2D eigenvalue weighted by molar-refractivity contribution is 0.586. The molecule has 0 saturated carbocycles. The maximum atomic E-state index is 3.85. The third-order valence-corrected chi connectivity index (χ3v) is 1.06. The summed E-state index contributed by atoms with van der Waals surface area (Å²) in [6, 6.07) is 0. The topological polar surface area (TPSA) is 12.0 Å². The van der Waals surface area contributed by atoms with Gasteiger partial charge < -0.3 is 0 Å². The van der Waals surface area contributed by atoms with Gasteiger partial charge in [0.05, 0.1) is 0 Å². The van der Waals surface area contributed by atoms with E-state index in [2.05, 4.69) is 31.4 Å². The SMILES string of the molecule is CC(C)CCNS. The normalized spacial score (nSPS) is 10.3. The molecule has 0 aromatic heterocycles. The monoisotopic (exact) mass is 119 g/mol. The van der Waals surface area contributed by atoms with Gasteiger partial charge in [0.1, 0.15) is 0 Å². The van der Waals surface area contributed by atoms with Crippen LogP contribution in [0.2, 0.25) is 0 Å². The van der Waals surface area contributed by atoms with E-state index in [0.29, 0.717) is 0 Å². The summed E-state index contributed by atoms with van der Waals surface area (Å²) >= 11 is 3.85. The van der Waals surface area contributed by atoms with Gasteiger partial charge in [-0.15, -0.1) is 0 Å². The van der Waals surface area contributed by atoms with Crippen LogP contribution < -0.4 is 4.72 Å². The molecular formula is C5H13NS. The fraction of sp³-hybridized carbons (Fsp3) is 1.00. The van der Waals surface area contributed by atoms with E-state index in [1.165, 1.54) is 6.42 Å². The predicted octanol–water partition coefficient (Wildman–Crippen LogP) is 1.47.